The number of nitrogens with one attached hydrogen (secondary N) is 2. The van der Waals surface area contributed by atoms with E-state index in [9.17, 15) is 9.59 Å². The molecular formula is C16H21N5O2S2. The zero-order valence-corrected chi connectivity index (χ0v) is 16.3. The van der Waals surface area contributed by atoms with Gasteiger partial charge in [-0.15, -0.1) is 10.2 Å². The number of nitrogens with zero attached hydrogens (tertiary/aromatic N) is 3. The first-order valence-electron chi connectivity index (χ1n) is 7.62. The van der Waals surface area contributed by atoms with E-state index >= 15 is 0 Å². The molecule has 2 N–H and O–H groups in total. The smallest absolute Gasteiger partial charge is 0.241 e. The molecule has 7 nitrogen and oxygen atoms in total. The third-order valence-electron chi connectivity index (χ3n) is 3.43. The van der Waals surface area contributed by atoms with Gasteiger partial charge in [-0.3, -0.25) is 9.59 Å². The van der Waals surface area contributed by atoms with Crippen LogP contribution in [0.15, 0.2) is 22.5 Å². The summed E-state index contributed by atoms with van der Waals surface area (Å²) in [5.74, 6) is -0.160. The molecule has 0 spiro atoms. The second-order valence-corrected chi connectivity index (χ2v) is 7.85. The van der Waals surface area contributed by atoms with Crippen LogP contribution in [0.4, 0.5) is 10.8 Å². The lowest BCUT2D eigenvalue weighted by molar-refractivity contribution is -0.130. The number of aryl methyl sites for hydroxylation is 2. The Balaban J connectivity index is 1.82. The molecule has 9 heteroatoms. The summed E-state index contributed by atoms with van der Waals surface area (Å²) in [5, 5.41) is 14.6. The molecule has 25 heavy (non-hydrogen) atoms. The average molecular weight is 380 g/mol. The maximum Gasteiger partial charge on any atom is 0.241 e. The number of benzene rings is 1. The quantitative estimate of drug-likeness (QED) is 0.717. The highest BCUT2D eigenvalue weighted by molar-refractivity contribution is 8.01. The second kappa shape index (κ2) is 8.82. The minimum atomic E-state index is -0.209. The number of rotatable bonds is 7. The number of hydrogen-bond acceptors (Lipinski definition) is 7. The standard InChI is InChI=1S/C16H21N5O2S2/c1-10-5-6-12(7-11(10)2)18-15-19-20-16(25-15)24-9-13(22)17-8-14(23)21(3)4/h5-7H,8-9H2,1-4H3,(H,17,22)(H,18,19). The molecular weight excluding hydrogens is 358 g/mol. The van der Waals surface area contributed by atoms with Gasteiger partial charge in [-0.1, -0.05) is 29.2 Å². The van der Waals surface area contributed by atoms with Crippen LogP contribution in [0.25, 0.3) is 0 Å². The predicted molar refractivity (Wildman–Crippen MR) is 102 cm³/mol. The Morgan fingerprint density at radius 3 is 2.64 bits per heavy atom. The second-order valence-electron chi connectivity index (χ2n) is 5.65. The molecule has 0 atom stereocenters. The molecule has 1 aromatic carbocycles. The van der Waals surface area contributed by atoms with Crippen molar-refractivity contribution in [3.8, 4) is 0 Å². The fourth-order valence-corrected chi connectivity index (χ4v) is 3.37. The largest absolute Gasteiger partial charge is 0.347 e. The molecule has 0 radical (unpaired) electrons. The summed E-state index contributed by atoms with van der Waals surface area (Å²) in [6.07, 6.45) is 0. The Labute approximate surface area is 155 Å². The molecule has 0 bridgehead atoms. The van der Waals surface area contributed by atoms with E-state index < -0.39 is 0 Å². The molecule has 0 aliphatic heterocycles. The molecule has 2 amide bonds. The molecule has 0 fully saturated rings. The molecule has 0 unspecified atom stereocenters. The molecule has 0 saturated heterocycles. The molecule has 1 heterocycles. The van der Waals surface area contributed by atoms with Crippen molar-refractivity contribution in [1.29, 1.82) is 0 Å². The summed E-state index contributed by atoms with van der Waals surface area (Å²) in [6.45, 7) is 4.12. The number of likely N-dealkylation sites (N-methyl/N-ethyl adjacent to an activating group) is 1. The zero-order chi connectivity index (χ0) is 18.4. The number of anilines is 2. The first kappa shape index (κ1) is 19.2. The van der Waals surface area contributed by atoms with Gasteiger partial charge in [-0.05, 0) is 37.1 Å². The van der Waals surface area contributed by atoms with Gasteiger partial charge in [-0.2, -0.15) is 0 Å². The van der Waals surface area contributed by atoms with Crippen LogP contribution in [-0.4, -0.2) is 53.3 Å². The van der Waals surface area contributed by atoms with Crippen molar-refractivity contribution in [2.45, 2.75) is 18.2 Å². The van der Waals surface area contributed by atoms with Crippen LogP contribution in [0, 0.1) is 13.8 Å². The average Bonchev–Trinajstić information content (AvgIpc) is 3.01. The van der Waals surface area contributed by atoms with Gasteiger partial charge in [0.1, 0.15) is 0 Å². The highest BCUT2D eigenvalue weighted by atomic mass is 32.2. The number of carbonyl (C=O) groups excluding carboxylic acids is 2. The molecule has 0 aliphatic carbocycles. The van der Waals surface area contributed by atoms with Gasteiger partial charge >= 0.3 is 0 Å². The lowest BCUT2D eigenvalue weighted by atomic mass is 10.1. The molecule has 2 aromatic rings. The highest BCUT2D eigenvalue weighted by Crippen LogP contribution is 2.28. The van der Waals surface area contributed by atoms with Crippen LogP contribution in [0.5, 0.6) is 0 Å². The van der Waals surface area contributed by atoms with Crippen LogP contribution < -0.4 is 10.6 Å². The molecule has 1 aromatic heterocycles. The van der Waals surface area contributed by atoms with Gasteiger partial charge in [0.25, 0.3) is 0 Å². The van der Waals surface area contributed by atoms with Gasteiger partial charge in [0, 0.05) is 19.8 Å². The van der Waals surface area contributed by atoms with Crippen molar-refractivity contribution in [3.63, 3.8) is 0 Å². The van der Waals surface area contributed by atoms with Gasteiger partial charge in [0.15, 0.2) is 4.34 Å². The molecule has 2 rings (SSSR count). The molecule has 0 aliphatic rings. The predicted octanol–water partition coefficient (Wildman–Crippen LogP) is 2.20. The van der Waals surface area contributed by atoms with E-state index in [2.05, 4.69) is 40.7 Å². The first-order chi connectivity index (χ1) is 11.8. The lowest BCUT2D eigenvalue weighted by Crippen LogP contribution is -2.36. The molecule has 134 valence electrons. The van der Waals surface area contributed by atoms with Crippen LogP contribution in [0.1, 0.15) is 11.1 Å². The Kier molecular flexibility index (Phi) is 6.77. The maximum absolute atomic E-state index is 11.7. The summed E-state index contributed by atoms with van der Waals surface area (Å²) in [7, 11) is 3.29. The minimum absolute atomic E-state index is 0.00208. The van der Waals surface area contributed by atoms with Crippen molar-refractivity contribution in [2.24, 2.45) is 0 Å². The maximum atomic E-state index is 11.7. The van der Waals surface area contributed by atoms with E-state index in [0.29, 0.717) is 9.47 Å². The van der Waals surface area contributed by atoms with Gasteiger partial charge in [0.05, 0.1) is 12.3 Å². The van der Waals surface area contributed by atoms with Crippen molar-refractivity contribution >= 4 is 45.7 Å². The number of hydrogen-bond donors (Lipinski definition) is 2. The van der Waals surface area contributed by atoms with Crippen LogP contribution in [0.3, 0.4) is 0 Å². The normalized spacial score (nSPS) is 10.4. The number of thioether (sulfide) groups is 1. The number of carbonyl (C=O) groups is 2. The van der Waals surface area contributed by atoms with E-state index in [4.69, 9.17) is 0 Å². The summed E-state index contributed by atoms with van der Waals surface area (Å²) in [5.41, 5.74) is 3.39. The van der Waals surface area contributed by atoms with E-state index in [1.165, 1.54) is 39.1 Å². The zero-order valence-electron chi connectivity index (χ0n) is 14.6. The first-order valence-corrected chi connectivity index (χ1v) is 9.43. The summed E-state index contributed by atoms with van der Waals surface area (Å²) >= 11 is 2.68. The third-order valence-corrected chi connectivity index (χ3v) is 5.40. The third kappa shape index (κ3) is 6.02. The molecule has 0 saturated carbocycles. The van der Waals surface area contributed by atoms with E-state index in [1.807, 2.05) is 12.1 Å². The summed E-state index contributed by atoms with van der Waals surface area (Å²) in [6, 6.07) is 6.10. The Morgan fingerprint density at radius 1 is 1.20 bits per heavy atom. The fraction of sp³-hybridized carbons (Fsp3) is 0.375. The summed E-state index contributed by atoms with van der Waals surface area (Å²) in [4.78, 5) is 24.6. The van der Waals surface area contributed by atoms with E-state index in [1.54, 1.807) is 14.1 Å². The topological polar surface area (TPSA) is 87.2 Å². The Bertz CT molecular complexity index is 761. The number of amides is 2. The van der Waals surface area contributed by atoms with Crippen molar-refractivity contribution in [1.82, 2.24) is 20.4 Å². The Hall–Kier alpha value is -2.13. The summed E-state index contributed by atoms with van der Waals surface area (Å²) < 4.78 is 0.695. The number of aromatic nitrogens is 2. The Morgan fingerprint density at radius 2 is 1.96 bits per heavy atom. The lowest BCUT2D eigenvalue weighted by Gasteiger charge is -2.10. The van der Waals surface area contributed by atoms with Crippen molar-refractivity contribution in [2.75, 3.05) is 31.7 Å². The SMILES string of the molecule is Cc1ccc(Nc2nnc(SCC(=O)NCC(=O)N(C)C)s2)cc1C. The fourth-order valence-electron chi connectivity index (χ4n) is 1.77. The van der Waals surface area contributed by atoms with Crippen LogP contribution >= 0.6 is 23.1 Å². The van der Waals surface area contributed by atoms with Crippen molar-refractivity contribution in [3.05, 3.63) is 29.3 Å². The minimum Gasteiger partial charge on any atom is -0.347 e. The van der Waals surface area contributed by atoms with E-state index in [0.717, 1.165) is 5.69 Å². The van der Waals surface area contributed by atoms with Crippen LogP contribution in [-0.2, 0) is 9.59 Å². The van der Waals surface area contributed by atoms with Gasteiger partial charge < -0.3 is 15.5 Å². The van der Waals surface area contributed by atoms with Gasteiger partial charge in [0.2, 0.25) is 16.9 Å². The van der Waals surface area contributed by atoms with E-state index in [-0.39, 0.29) is 24.1 Å². The van der Waals surface area contributed by atoms with Crippen LogP contribution in [0.2, 0.25) is 0 Å². The van der Waals surface area contributed by atoms with Crippen molar-refractivity contribution < 1.29 is 9.59 Å². The van der Waals surface area contributed by atoms with Gasteiger partial charge in [-0.25, -0.2) is 0 Å². The highest BCUT2D eigenvalue weighted by Gasteiger charge is 2.10. The monoisotopic (exact) mass is 379 g/mol.